The van der Waals surface area contributed by atoms with Gasteiger partial charge in [0.05, 0.1) is 12.2 Å². The molecule has 0 aliphatic carbocycles. The maximum Gasteiger partial charge on any atom is 0.341 e. The first-order chi connectivity index (χ1) is 9.45. The molecule has 2 rings (SSSR count). The molecule has 1 unspecified atom stereocenters. The number of rotatable bonds is 4. The minimum atomic E-state index is -4.28. The van der Waals surface area contributed by atoms with Crippen molar-refractivity contribution in [1.82, 2.24) is 0 Å². The van der Waals surface area contributed by atoms with Crippen LogP contribution in [0.5, 0.6) is 0 Å². The van der Waals surface area contributed by atoms with Crippen LogP contribution in [0.2, 0.25) is 0 Å². The molecular weight excluding hydrogens is 286 g/mol. The van der Waals surface area contributed by atoms with Gasteiger partial charge in [-0.25, -0.2) is 9.59 Å². The lowest BCUT2D eigenvalue weighted by Crippen LogP contribution is -2.32. The molecular formula is C12H11NO6S. The molecule has 1 fully saturated rings. The van der Waals surface area contributed by atoms with E-state index >= 15 is 0 Å². The minimum Gasteiger partial charge on any atom is -0.432 e. The van der Waals surface area contributed by atoms with E-state index in [1.54, 1.807) is 0 Å². The number of sulfonamides is 1. The Kier molecular flexibility index (Phi) is 3.99. The molecule has 1 aliphatic rings. The molecule has 0 N–H and O–H groups in total. The number of benzene rings is 1. The number of esters is 1. The molecule has 8 heteroatoms. The largest absolute Gasteiger partial charge is 0.432 e. The molecule has 1 atom stereocenters. The predicted molar refractivity (Wildman–Crippen MR) is 66.3 cm³/mol. The van der Waals surface area contributed by atoms with Crippen LogP contribution in [0.15, 0.2) is 27.5 Å². The molecule has 106 valence electrons. The Morgan fingerprint density at radius 3 is 2.75 bits per heavy atom. The summed E-state index contributed by atoms with van der Waals surface area (Å²) in [6, 6.07) is 4.29. The van der Waals surface area contributed by atoms with Gasteiger partial charge in [-0.05, 0) is 18.6 Å². The van der Waals surface area contributed by atoms with Crippen LogP contribution in [0, 0.1) is 6.92 Å². The molecule has 0 saturated carbocycles. The average molecular weight is 297 g/mol. The summed E-state index contributed by atoms with van der Waals surface area (Å²) in [5.41, 5.74) is 0.104. The second-order valence-electron chi connectivity index (χ2n) is 4.10. The van der Waals surface area contributed by atoms with Crippen LogP contribution < -0.4 is 0 Å². The molecule has 1 aromatic carbocycles. The van der Waals surface area contributed by atoms with Gasteiger partial charge < -0.3 is 9.47 Å². The van der Waals surface area contributed by atoms with Crippen LogP contribution in [0.1, 0.15) is 22.3 Å². The second kappa shape index (κ2) is 5.54. The quantitative estimate of drug-likeness (QED) is 0.465. The summed E-state index contributed by atoms with van der Waals surface area (Å²) >= 11 is 0. The molecule has 0 spiro atoms. The number of carbonyl (C=O) groups is 1. The first-order valence-electron chi connectivity index (χ1n) is 5.72. The molecule has 0 radical (unpaired) electrons. The van der Waals surface area contributed by atoms with Crippen molar-refractivity contribution in [1.29, 1.82) is 0 Å². The number of ether oxygens (including phenoxy) is 2. The van der Waals surface area contributed by atoms with Crippen molar-refractivity contribution < 1.29 is 27.5 Å². The highest BCUT2D eigenvalue weighted by molar-refractivity contribution is 7.90. The van der Waals surface area contributed by atoms with Crippen LogP contribution in [0.4, 0.5) is 0 Å². The predicted octanol–water partition coefficient (Wildman–Crippen LogP) is 0.923. The van der Waals surface area contributed by atoms with Gasteiger partial charge in [0.15, 0.2) is 0 Å². The van der Waals surface area contributed by atoms with Gasteiger partial charge in [-0.15, -0.1) is 0 Å². The van der Waals surface area contributed by atoms with Gasteiger partial charge in [-0.2, -0.15) is 8.42 Å². The summed E-state index contributed by atoms with van der Waals surface area (Å²) < 4.78 is 36.5. The maximum absolute atomic E-state index is 12.0. The summed E-state index contributed by atoms with van der Waals surface area (Å²) in [5, 5.41) is 0. The number of aryl methyl sites for hydroxylation is 1. The zero-order valence-electron chi connectivity index (χ0n) is 10.5. The van der Waals surface area contributed by atoms with Gasteiger partial charge in [-0.3, -0.25) is 0 Å². The van der Waals surface area contributed by atoms with E-state index in [0.717, 1.165) is 6.08 Å². The zero-order chi connectivity index (χ0) is 14.8. The number of carbonyl (C=O) groups excluding carboxylic acids is 2. The van der Waals surface area contributed by atoms with Crippen molar-refractivity contribution in [3.63, 3.8) is 0 Å². The average Bonchev–Trinajstić information content (AvgIpc) is 2.32. The number of hydrogen-bond acceptors (Lipinski definition) is 6. The minimum absolute atomic E-state index is 0.181. The monoisotopic (exact) mass is 297 g/mol. The van der Waals surface area contributed by atoms with Gasteiger partial charge in [0.1, 0.15) is 4.90 Å². The lowest BCUT2D eigenvalue weighted by atomic mass is 10.1. The van der Waals surface area contributed by atoms with Crippen molar-refractivity contribution in [2.75, 3.05) is 6.61 Å². The molecule has 1 saturated heterocycles. The number of nitrogens with zero attached hydrogens (tertiary/aromatic N) is 1. The topological polar surface area (TPSA) is 99.1 Å². The van der Waals surface area contributed by atoms with Gasteiger partial charge in [0.25, 0.3) is 16.1 Å². The van der Waals surface area contributed by atoms with Crippen LogP contribution in [0.25, 0.3) is 0 Å². The number of isocyanates is 1. The van der Waals surface area contributed by atoms with Crippen molar-refractivity contribution in [2.45, 2.75) is 24.5 Å². The van der Waals surface area contributed by atoms with Crippen LogP contribution in [-0.4, -0.2) is 33.4 Å². The summed E-state index contributed by atoms with van der Waals surface area (Å²) in [5.74, 6) is -0.835. The normalized spacial score (nSPS) is 17.8. The van der Waals surface area contributed by atoms with Gasteiger partial charge in [0.2, 0.25) is 6.29 Å². The van der Waals surface area contributed by atoms with Crippen molar-refractivity contribution in [3.05, 3.63) is 29.3 Å². The SMILES string of the molecule is Cc1cccc(C(=O)OC2CCO2)c1S(=O)(=O)N=C=O. The van der Waals surface area contributed by atoms with Gasteiger partial charge in [0, 0.05) is 6.42 Å². The van der Waals surface area contributed by atoms with E-state index in [2.05, 4.69) is 4.40 Å². The molecule has 0 aromatic heterocycles. The van der Waals surface area contributed by atoms with Gasteiger partial charge in [-0.1, -0.05) is 16.5 Å². The summed E-state index contributed by atoms with van der Waals surface area (Å²) in [7, 11) is -4.28. The van der Waals surface area contributed by atoms with E-state index in [-0.39, 0.29) is 16.0 Å². The Morgan fingerprint density at radius 1 is 1.50 bits per heavy atom. The van der Waals surface area contributed by atoms with Crippen molar-refractivity contribution in [3.8, 4) is 0 Å². The summed E-state index contributed by atoms with van der Waals surface area (Å²) in [6.07, 6.45) is 0.876. The zero-order valence-corrected chi connectivity index (χ0v) is 11.3. The summed E-state index contributed by atoms with van der Waals surface area (Å²) in [4.78, 5) is 21.8. The van der Waals surface area contributed by atoms with E-state index in [1.165, 1.54) is 25.1 Å². The first-order valence-corrected chi connectivity index (χ1v) is 7.16. The third-order valence-corrected chi connectivity index (χ3v) is 4.12. The molecule has 1 aliphatic heterocycles. The van der Waals surface area contributed by atoms with E-state index in [4.69, 9.17) is 9.47 Å². The Balaban J connectivity index is 2.45. The van der Waals surface area contributed by atoms with Crippen LogP contribution in [-0.2, 0) is 24.3 Å². The van der Waals surface area contributed by atoms with Crippen LogP contribution in [0.3, 0.4) is 0 Å². The fourth-order valence-electron chi connectivity index (χ4n) is 1.74. The Bertz CT molecular complexity index is 686. The highest BCUT2D eigenvalue weighted by atomic mass is 32.2. The standard InChI is InChI=1S/C12H11NO6S/c1-8-3-2-4-9(11(8)20(16,17)13-7-14)12(15)19-10-5-6-18-10/h2-4,10H,5-6H2,1H3. The van der Waals surface area contributed by atoms with Crippen molar-refractivity contribution >= 4 is 22.1 Å². The molecule has 20 heavy (non-hydrogen) atoms. The third kappa shape index (κ3) is 2.77. The fourth-order valence-corrected chi connectivity index (χ4v) is 2.83. The van der Waals surface area contributed by atoms with E-state index in [1.807, 2.05) is 0 Å². The van der Waals surface area contributed by atoms with E-state index < -0.39 is 22.3 Å². The first kappa shape index (κ1) is 14.4. The van der Waals surface area contributed by atoms with E-state index in [9.17, 15) is 18.0 Å². The Hall–Kier alpha value is -2.02. The van der Waals surface area contributed by atoms with Crippen molar-refractivity contribution in [2.24, 2.45) is 4.40 Å². The molecule has 7 nitrogen and oxygen atoms in total. The lowest BCUT2D eigenvalue weighted by Gasteiger charge is -2.26. The highest BCUT2D eigenvalue weighted by Gasteiger charge is 2.29. The molecule has 0 bridgehead atoms. The van der Waals surface area contributed by atoms with E-state index in [0.29, 0.717) is 13.0 Å². The Morgan fingerprint density at radius 2 is 2.20 bits per heavy atom. The third-order valence-electron chi connectivity index (χ3n) is 2.74. The molecule has 1 heterocycles. The highest BCUT2D eigenvalue weighted by Crippen LogP contribution is 2.24. The smallest absolute Gasteiger partial charge is 0.341 e. The maximum atomic E-state index is 12.0. The van der Waals surface area contributed by atoms with Gasteiger partial charge >= 0.3 is 5.97 Å². The molecule has 1 aromatic rings. The number of hydrogen-bond donors (Lipinski definition) is 0. The fraction of sp³-hybridized carbons (Fsp3) is 0.333. The summed E-state index contributed by atoms with van der Waals surface area (Å²) in [6.45, 7) is 1.98. The second-order valence-corrected chi connectivity index (χ2v) is 5.64. The molecule has 0 amide bonds. The van der Waals surface area contributed by atoms with Crippen LogP contribution >= 0.6 is 0 Å². The lowest BCUT2D eigenvalue weighted by molar-refractivity contribution is -0.184. The Labute approximate surface area is 115 Å².